The number of nitrogens with zero attached hydrogens (tertiary/aromatic N) is 1. The lowest BCUT2D eigenvalue weighted by Crippen LogP contribution is -2.39. The first-order chi connectivity index (χ1) is 8.11. The van der Waals surface area contributed by atoms with Gasteiger partial charge in [-0.1, -0.05) is 43.3 Å². The maximum absolute atomic E-state index is 2.32. The first-order valence-corrected chi connectivity index (χ1v) is 6.40. The van der Waals surface area contributed by atoms with Crippen molar-refractivity contribution in [3.63, 3.8) is 0 Å². The molecule has 0 fully saturated rings. The number of hydrogen-bond acceptors (Lipinski definition) is 0. The fourth-order valence-corrected chi connectivity index (χ4v) is 2.52. The Kier molecular flexibility index (Phi) is 3.49. The van der Waals surface area contributed by atoms with Crippen LogP contribution in [0.2, 0.25) is 0 Å². The average molecular weight is 228 g/mol. The number of quaternary nitrogens is 1. The van der Waals surface area contributed by atoms with Crippen LogP contribution in [-0.2, 0) is 6.54 Å². The van der Waals surface area contributed by atoms with Gasteiger partial charge < -0.3 is 4.48 Å². The standard InChI is InChI=1S/C16H22N/c1-4-11-17(2,3)13-14-9-10-15-7-5-6-8-16(15)12-14/h5-10,12H,4,11,13H2,1-3H3/q+1. The Balaban J connectivity index is 2.25. The van der Waals surface area contributed by atoms with Crippen LogP contribution in [0.4, 0.5) is 0 Å². The smallest absolute Gasteiger partial charge is 0.104 e. The second-order valence-electron chi connectivity index (χ2n) is 5.50. The van der Waals surface area contributed by atoms with Crippen molar-refractivity contribution in [2.75, 3.05) is 20.6 Å². The van der Waals surface area contributed by atoms with Crippen molar-refractivity contribution in [3.8, 4) is 0 Å². The summed E-state index contributed by atoms with van der Waals surface area (Å²) in [7, 11) is 4.61. The van der Waals surface area contributed by atoms with Gasteiger partial charge in [-0.15, -0.1) is 0 Å². The summed E-state index contributed by atoms with van der Waals surface area (Å²) in [4.78, 5) is 0. The van der Waals surface area contributed by atoms with E-state index in [4.69, 9.17) is 0 Å². The molecule has 17 heavy (non-hydrogen) atoms. The van der Waals surface area contributed by atoms with Crippen LogP contribution in [0.5, 0.6) is 0 Å². The van der Waals surface area contributed by atoms with E-state index in [0.29, 0.717) is 0 Å². The molecule has 0 saturated heterocycles. The molecule has 0 unspecified atom stereocenters. The van der Waals surface area contributed by atoms with Crippen molar-refractivity contribution in [2.24, 2.45) is 0 Å². The van der Waals surface area contributed by atoms with Crippen molar-refractivity contribution in [1.29, 1.82) is 0 Å². The molecular formula is C16H22N+. The van der Waals surface area contributed by atoms with E-state index in [1.807, 2.05) is 0 Å². The fraction of sp³-hybridized carbons (Fsp3) is 0.375. The molecule has 0 bridgehead atoms. The molecule has 0 radical (unpaired) electrons. The second kappa shape index (κ2) is 4.89. The van der Waals surface area contributed by atoms with Gasteiger partial charge in [-0.2, -0.15) is 0 Å². The molecule has 0 saturated carbocycles. The molecule has 0 N–H and O–H groups in total. The Bertz CT molecular complexity index is 500. The van der Waals surface area contributed by atoms with E-state index in [1.54, 1.807) is 0 Å². The zero-order valence-electron chi connectivity index (χ0n) is 11.1. The van der Waals surface area contributed by atoms with E-state index in [9.17, 15) is 0 Å². The van der Waals surface area contributed by atoms with E-state index < -0.39 is 0 Å². The highest BCUT2D eigenvalue weighted by atomic mass is 15.3. The van der Waals surface area contributed by atoms with Gasteiger partial charge in [0.1, 0.15) is 6.54 Å². The predicted octanol–water partition coefficient (Wildman–Crippen LogP) is 3.83. The van der Waals surface area contributed by atoms with Crippen LogP contribution in [-0.4, -0.2) is 25.1 Å². The fourth-order valence-electron chi connectivity index (χ4n) is 2.52. The monoisotopic (exact) mass is 228 g/mol. The van der Waals surface area contributed by atoms with Gasteiger partial charge >= 0.3 is 0 Å². The molecular weight excluding hydrogens is 206 g/mol. The molecule has 0 atom stereocenters. The molecule has 0 heterocycles. The Hall–Kier alpha value is -1.34. The molecule has 0 aliphatic heterocycles. The van der Waals surface area contributed by atoms with Gasteiger partial charge in [-0.05, 0) is 23.3 Å². The highest BCUT2D eigenvalue weighted by Gasteiger charge is 2.14. The van der Waals surface area contributed by atoms with Crippen LogP contribution in [0, 0.1) is 0 Å². The third-order valence-electron chi connectivity index (χ3n) is 3.25. The zero-order valence-corrected chi connectivity index (χ0v) is 11.1. The third kappa shape index (κ3) is 3.07. The quantitative estimate of drug-likeness (QED) is 0.698. The van der Waals surface area contributed by atoms with Crippen molar-refractivity contribution >= 4 is 10.8 Å². The van der Waals surface area contributed by atoms with E-state index >= 15 is 0 Å². The minimum Gasteiger partial charge on any atom is -0.325 e. The first-order valence-electron chi connectivity index (χ1n) is 6.40. The van der Waals surface area contributed by atoms with E-state index in [-0.39, 0.29) is 0 Å². The van der Waals surface area contributed by atoms with Crippen molar-refractivity contribution in [1.82, 2.24) is 0 Å². The van der Waals surface area contributed by atoms with Crippen LogP contribution in [0.25, 0.3) is 10.8 Å². The number of benzene rings is 2. The number of hydrogen-bond donors (Lipinski definition) is 0. The van der Waals surface area contributed by atoms with Crippen molar-refractivity contribution in [3.05, 3.63) is 48.0 Å². The van der Waals surface area contributed by atoms with Gasteiger partial charge in [0.15, 0.2) is 0 Å². The lowest BCUT2D eigenvalue weighted by Gasteiger charge is -2.29. The van der Waals surface area contributed by atoms with E-state index in [0.717, 1.165) is 11.0 Å². The van der Waals surface area contributed by atoms with Gasteiger partial charge in [0, 0.05) is 5.56 Å². The molecule has 1 heteroatoms. The number of fused-ring (bicyclic) bond motifs is 1. The average Bonchev–Trinajstić information content (AvgIpc) is 2.28. The summed E-state index contributed by atoms with van der Waals surface area (Å²) in [5.74, 6) is 0. The summed E-state index contributed by atoms with van der Waals surface area (Å²) in [5, 5.41) is 2.68. The summed E-state index contributed by atoms with van der Waals surface area (Å²) in [6.07, 6.45) is 1.24. The SMILES string of the molecule is CCC[N+](C)(C)Cc1ccc2ccccc2c1. The largest absolute Gasteiger partial charge is 0.325 e. The molecule has 1 nitrogen and oxygen atoms in total. The van der Waals surface area contributed by atoms with Crippen molar-refractivity contribution in [2.45, 2.75) is 19.9 Å². The zero-order chi connectivity index (χ0) is 12.3. The van der Waals surface area contributed by atoms with Crippen LogP contribution in [0.1, 0.15) is 18.9 Å². The summed E-state index contributed by atoms with van der Waals surface area (Å²) >= 11 is 0. The molecule has 2 aromatic carbocycles. The molecule has 0 aliphatic rings. The minimum atomic E-state index is 1.06. The molecule has 0 aliphatic carbocycles. The van der Waals surface area contributed by atoms with Crippen LogP contribution in [0.3, 0.4) is 0 Å². The Morgan fingerprint density at radius 1 is 0.941 bits per heavy atom. The van der Waals surface area contributed by atoms with Gasteiger partial charge in [0.25, 0.3) is 0 Å². The summed E-state index contributed by atoms with van der Waals surface area (Å²) in [6.45, 7) is 4.59. The lowest BCUT2D eigenvalue weighted by molar-refractivity contribution is -0.903. The van der Waals surface area contributed by atoms with Crippen LogP contribution in [0.15, 0.2) is 42.5 Å². The third-order valence-corrected chi connectivity index (χ3v) is 3.25. The van der Waals surface area contributed by atoms with E-state index in [1.165, 1.54) is 29.3 Å². The van der Waals surface area contributed by atoms with Gasteiger partial charge in [-0.3, -0.25) is 0 Å². The normalized spacial score (nSPS) is 11.9. The molecule has 0 amide bonds. The first kappa shape index (κ1) is 12.1. The topological polar surface area (TPSA) is 0 Å². The van der Waals surface area contributed by atoms with Crippen LogP contribution < -0.4 is 0 Å². The van der Waals surface area contributed by atoms with E-state index in [2.05, 4.69) is 63.5 Å². The van der Waals surface area contributed by atoms with Gasteiger partial charge in [0.2, 0.25) is 0 Å². The molecule has 2 aromatic rings. The summed E-state index contributed by atoms with van der Waals surface area (Å²) in [5.41, 5.74) is 1.43. The number of rotatable bonds is 4. The Labute approximate surface area is 104 Å². The maximum atomic E-state index is 2.32. The Morgan fingerprint density at radius 3 is 2.35 bits per heavy atom. The highest BCUT2D eigenvalue weighted by molar-refractivity contribution is 5.82. The Morgan fingerprint density at radius 2 is 1.65 bits per heavy atom. The summed E-state index contributed by atoms with van der Waals surface area (Å²) < 4.78 is 1.06. The van der Waals surface area contributed by atoms with Gasteiger partial charge in [0.05, 0.1) is 20.6 Å². The van der Waals surface area contributed by atoms with Crippen molar-refractivity contribution < 1.29 is 4.48 Å². The minimum absolute atomic E-state index is 1.06. The highest BCUT2D eigenvalue weighted by Crippen LogP contribution is 2.18. The molecule has 0 aromatic heterocycles. The molecule has 2 rings (SSSR count). The maximum Gasteiger partial charge on any atom is 0.104 e. The predicted molar refractivity (Wildman–Crippen MR) is 74.9 cm³/mol. The molecule has 90 valence electrons. The summed E-state index contributed by atoms with van der Waals surface area (Å²) in [6, 6.07) is 15.4. The molecule has 0 spiro atoms. The lowest BCUT2D eigenvalue weighted by atomic mass is 10.1. The van der Waals surface area contributed by atoms with Crippen LogP contribution >= 0.6 is 0 Å². The van der Waals surface area contributed by atoms with Gasteiger partial charge in [-0.25, -0.2) is 0 Å². The second-order valence-corrected chi connectivity index (χ2v) is 5.50.